The summed E-state index contributed by atoms with van der Waals surface area (Å²) in [5.74, 6) is 0. The number of nitrogens with zero attached hydrogens (tertiary/aromatic N) is 1. The second-order valence-corrected chi connectivity index (χ2v) is 5.69. The van der Waals surface area contributed by atoms with Crippen LogP contribution >= 0.6 is 0 Å². The van der Waals surface area contributed by atoms with E-state index in [4.69, 9.17) is 14.2 Å². The molecule has 0 saturated carbocycles. The van der Waals surface area contributed by atoms with Crippen LogP contribution in [0.25, 0.3) is 0 Å². The predicted molar refractivity (Wildman–Crippen MR) is 80.0 cm³/mol. The van der Waals surface area contributed by atoms with E-state index in [1.807, 2.05) is 20.8 Å². The highest BCUT2D eigenvalue weighted by Crippen LogP contribution is 2.09. The van der Waals surface area contributed by atoms with Crippen LogP contribution < -0.4 is 0 Å². The summed E-state index contributed by atoms with van der Waals surface area (Å²) in [4.78, 5) is 13.7. The monoisotopic (exact) mass is 289 g/mol. The molecule has 0 unspecified atom stereocenters. The summed E-state index contributed by atoms with van der Waals surface area (Å²) in [6, 6.07) is 0. The van der Waals surface area contributed by atoms with Crippen molar-refractivity contribution in [2.75, 3.05) is 39.5 Å². The zero-order valence-electron chi connectivity index (χ0n) is 13.7. The van der Waals surface area contributed by atoms with E-state index in [1.165, 1.54) is 0 Å². The number of carbonyl (C=O) groups excluding carboxylic acids is 1. The zero-order valence-corrected chi connectivity index (χ0v) is 13.7. The maximum absolute atomic E-state index is 12.1. The molecule has 0 aromatic carbocycles. The molecule has 0 radical (unpaired) electrons. The number of amides is 1. The van der Waals surface area contributed by atoms with Gasteiger partial charge in [-0.2, -0.15) is 0 Å². The Labute approximate surface area is 123 Å². The molecule has 0 aliphatic carbocycles. The number of hydrogen-bond donors (Lipinski definition) is 0. The van der Waals surface area contributed by atoms with Gasteiger partial charge >= 0.3 is 6.09 Å². The van der Waals surface area contributed by atoms with Gasteiger partial charge in [0.1, 0.15) is 5.60 Å². The van der Waals surface area contributed by atoms with Gasteiger partial charge < -0.3 is 19.1 Å². The third kappa shape index (κ3) is 11.1. The van der Waals surface area contributed by atoms with Gasteiger partial charge in [-0.15, -0.1) is 0 Å². The van der Waals surface area contributed by atoms with Gasteiger partial charge in [0.2, 0.25) is 0 Å². The summed E-state index contributed by atoms with van der Waals surface area (Å²) in [5.41, 5.74) is -0.482. The summed E-state index contributed by atoms with van der Waals surface area (Å²) in [7, 11) is 0. The molecule has 120 valence electrons. The smallest absolute Gasteiger partial charge is 0.410 e. The minimum atomic E-state index is -0.482. The van der Waals surface area contributed by atoms with Crippen LogP contribution in [0.5, 0.6) is 0 Å². The number of rotatable bonds is 10. The third-order valence-corrected chi connectivity index (χ3v) is 2.36. The molecule has 0 bridgehead atoms. The molecule has 0 aliphatic rings. The van der Waals surface area contributed by atoms with Crippen LogP contribution in [0.4, 0.5) is 4.79 Å². The van der Waals surface area contributed by atoms with Crippen molar-refractivity contribution in [1.82, 2.24) is 4.90 Å². The highest BCUT2D eigenvalue weighted by Gasteiger charge is 2.21. The molecule has 5 heteroatoms. The highest BCUT2D eigenvalue weighted by atomic mass is 16.6. The molecule has 0 fully saturated rings. The van der Waals surface area contributed by atoms with Gasteiger partial charge in [0, 0.05) is 26.3 Å². The van der Waals surface area contributed by atoms with Crippen molar-refractivity contribution in [1.29, 1.82) is 0 Å². The van der Waals surface area contributed by atoms with E-state index in [-0.39, 0.29) is 6.09 Å². The molecular weight excluding hydrogens is 258 g/mol. The average molecular weight is 289 g/mol. The molecule has 1 amide bonds. The van der Waals surface area contributed by atoms with Gasteiger partial charge in [-0.25, -0.2) is 4.79 Å². The molecule has 0 saturated heterocycles. The van der Waals surface area contributed by atoms with Gasteiger partial charge in [0.25, 0.3) is 0 Å². The van der Waals surface area contributed by atoms with Crippen LogP contribution in [-0.2, 0) is 14.2 Å². The predicted octanol–water partition coefficient (Wildman–Crippen LogP) is 3.08. The first-order valence-electron chi connectivity index (χ1n) is 7.54. The van der Waals surface area contributed by atoms with Crippen molar-refractivity contribution < 1.29 is 19.0 Å². The van der Waals surface area contributed by atoms with Gasteiger partial charge in [-0.05, 0) is 33.6 Å². The number of carbonyl (C=O) groups is 1. The van der Waals surface area contributed by atoms with Crippen LogP contribution in [-0.4, -0.2) is 56.1 Å². The van der Waals surface area contributed by atoms with E-state index in [0.29, 0.717) is 39.5 Å². The van der Waals surface area contributed by atoms with Gasteiger partial charge in [0.05, 0.1) is 13.2 Å². The number of ether oxygens (including phenoxy) is 3. The average Bonchev–Trinajstić information content (AvgIpc) is 2.34. The molecule has 0 rings (SSSR count). The van der Waals surface area contributed by atoms with Crippen molar-refractivity contribution in [2.24, 2.45) is 0 Å². The molecule has 0 atom stereocenters. The Morgan fingerprint density at radius 3 is 1.70 bits per heavy atom. The largest absolute Gasteiger partial charge is 0.444 e. The van der Waals surface area contributed by atoms with Crippen LogP contribution in [0, 0.1) is 0 Å². The van der Waals surface area contributed by atoms with Crippen LogP contribution in [0.3, 0.4) is 0 Å². The molecule has 0 heterocycles. The lowest BCUT2D eigenvalue weighted by Gasteiger charge is -2.27. The van der Waals surface area contributed by atoms with Gasteiger partial charge in [-0.3, -0.25) is 0 Å². The van der Waals surface area contributed by atoms with Crippen molar-refractivity contribution >= 4 is 6.09 Å². The quantitative estimate of drug-likeness (QED) is 0.580. The summed E-state index contributed by atoms with van der Waals surface area (Å²) in [6.45, 7) is 13.3. The van der Waals surface area contributed by atoms with E-state index in [0.717, 1.165) is 12.8 Å². The fourth-order valence-electron chi connectivity index (χ4n) is 1.46. The Bertz CT molecular complexity index is 239. The Kier molecular flexibility index (Phi) is 10.5. The third-order valence-electron chi connectivity index (χ3n) is 2.36. The second-order valence-electron chi connectivity index (χ2n) is 5.69. The SMILES string of the molecule is CCCOCCN(CCOCCC)C(=O)OC(C)(C)C. The lowest BCUT2D eigenvalue weighted by atomic mass is 10.2. The highest BCUT2D eigenvalue weighted by molar-refractivity contribution is 5.68. The summed E-state index contributed by atoms with van der Waals surface area (Å²) in [5, 5.41) is 0. The molecule has 0 aliphatic heterocycles. The van der Waals surface area contributed by atoms with E-state index in [2.05, 4.69) is 13.8 Å². The Hall–Kier alpha value is -0.810. The fourth-order valence-corrected chi connectivity index (χ4v) is 1.46. The normalized spacial score (nSPS) is 11.4. The van der Waals surface area contributed by atoms with E-state index in [9.17, 15) is 4.79 Å². The first-order chi connectivity index (χ1) is 9.40. The molecule has 0 aromatic rings. The van der Waals surface area contributed by atoms with Crippen molar-refractivity contribution in [3.63, 3.8) is 0 Å². The molecule has 0 spiro atoms. The van der Waals surface area contributed by atoms with Crippen LogP contribution in [0.15, 0.2) is 0 Å². The standard InChI is InChI=1S/C15H31NO4/c1-6-10-18-12-8-16(9-13-19-11-7-2)14(17)20-15(3,4)5/h6-13H2,1-5H3. The van der Waals surface area contributed by atoms with Crippen LogP contribution in [0.2, 0.25) is 0 Å². The molecule has 5 nitrogen and oxygen atoms in total. The van der Waals surface area contributed by atoms with Crippen molar-refractivity contribution in [3.8, 4) is 0 Å². The van der Waals surface area contributed by atoms with Crippen molar-refractivity contribution in [2.45, 2.75) is 53.1 Å². The molecule has 20 heavy (non-hydrogen) atoms. The summed E-state index contributed by atoms with van der Waals surface area (Å²) >= 11 is 0. The zero-order chi connectivity index (χ0) is 15.4. The minimum Gasteiger partial charge on any atom is -0.444 e. The maximum Gasteiger partial charge on any atom is 0.410 e. The maximum atomic E-state index is 12.1. The fraction of sp³-hybridized carbons (Fsp3) is 0.933. The summed E-state index contributed by atoms with van der Waals surface area (Å²) < 4.78 is 16.3. The minimum absolute atomic E-state index is 0.308. The topological polar surface area (TPSA) is 48.0 Å². The van der Waals surface area contributed by atoms with Crippen LogP contribution in [0.1, 0.15) is 47.5 Å². The van der Waals surface area contributed by atoms with E-state index < -0.39 is 5.60 Å². The summed E-state index contributed by atoms with van der Waals surface area (Å²) in [6.07, 6.45) is 1.65. The molecule has 0 aromatic heterocycles. The molecule has 0 N–H and O–H groups in total. The Morgan fingerprint density at radius 1 is 0.900 bits per heavy atom. The number of hydrogen-bond acceptors (Lipinski definition) is 4. The first kappa shape index (κ1) is 19.2. The first-order valence-corrected chi connectivity index (χ1v) is 7.54. The molecular formula is C15H31NO4. The second kappa shape index (κ2) is 10.9. The van der Waals surface area contributed by atoms with Crippen molar-refractivity contribution in [3.05, 3.63) is 0 Å². The van der Waals surface area contributed by atoms with E-state index in [1.54, 1.807) is 4.90 Å². The van der Waals surface area contributed by atoms with Gasteiger partial charge in [-0.1, -0.05) is 13.8 Å². The Morgan fingerprint density at radius 2 is 1.35 bits per heavy atom. The Balaban J connectivity index is 4.18. The lowest BCUT2D eigenvalue weighted by Crippen LogP contribution is -2.40. The van der Waals surface area contributed by atoms with E-state index >= 15 is 0 Å². The van der Waals surface area contributed by atoms with Gasteiger partial charge in [0.15, 0.2) is 0 Å². The lowest BCUT2D eigenvalue weighted by molar-refractivity contribution is 0.00988.